The van der Waals surface area contributed by atoms with Crippen molar-refractivity contribution in [2.24, 2.45) is 0 Å². The average Bonchev–Trinajstić information content (AvgIpc) is 2.93. The summed E-state index contributed by atoms with van der Waals surface area (Å²) in [7, 11) is 3.48. The van der Waals surface area contributed by atoms with Gasteiger partial charge in [0.05, 0.1) is 12.8 Å². The quantitative estimate of drug-likeness (QED) is 0.491. The monoisotopic (exact) mass is 569 g/mol. The number of likely N-dealkylation sites (tertiary alicyclic amines) is 1. The van der Waals surface area contributed by atoms with Crippen molar-refractivity contribution in [3.05, 3.63) is 35.5 Å². The van der Waals surface area contributed by atoms with Crippen LogP contribution >= 0.6 is 11.6 Å². The number of methoxy groups -OCH3 is 1. The highest BCUT2D eigenvalue weighted by Crippen LogP contribution is 2.37. The molecule has 2 amide bonds. The normalized spacial score (nSPS) is 17.2. The molecule has 3 heterocycles. The van der Waals surface area contributed by atoms with Crippen molar-refractivity contribution in [2.45, 2.75) is 25.1 Å². The third kappa shape index (κ3) is 7.01. The summed E-state index contributed by atoms with van der Waals surface area (Å²) < 4.78 is 46.8. The number of hydrogen-bond donors (Lipinski definition) is 2. The maximum absolute atomic E-state index is 13.8. The topological polar surface area (TPSA) is 103 Å². The van der Waals surface area contributed by atoms with E-state index in [2.05, 4.69) is 25.5 Å². The highest BCUT2D eigenvalue weighted by molar-refractivity contribution is 6.27. The number of piperidine rings is 1. The Bertz CT molecular complexity index is 1180. The zero-order valence-corrected chi connectivity index (χ0v) is 22.5. The highest BCUT2D eigenvalue weighted by Gasteiger charge is 2.38. The summed E-state index contributed by atoms with van der Waals surface area (Å²) in [5.74, 6) is -0.729. The van der Waals surface area contributed by atoms with Crippen LogP contribution < -0.4 is 20.3 Å². The first-order valence-electron chi connectivity index (χ1n) is 12.6. The number of carbonyl (C=O) groups is 2. The number of ether oxygens (including phenoxy) is 1. The fourth-order valence-corrected chi connectivity index (χ4v) is 4.77. The smallest absolute Gasteiger partial charge is 0.421 e. The molecule has 4 rings (SSSR count). The molecular formula is C25H31ClF3N7O3. The summed E-state index contributed by atoms with van der Waals surface area (Å²) in [6.07, 6.45) is -2.20. The van der Waals surface area contributed by atoms with Gasteiger partial charge in [-0.05, 0) is 51.2 Å². The maximum atomic E-state index is 13.8. The molecule has 0 unspecified atom stereocenters. The summed E-state index contributed by atoms with van der Waals surface area (Å²) in [5, 5.41) is 5.95. The van der Waals surface area contributed by atoms with Crippen LogP contribution in [0.15, 0.2) is 24.4 Å². The summed E-state index contributed by atoms with van der Waals surface area (Å²) in [4.78, 5) is 37.9. The predicted molar refractivity (Wildman–Crippen MR) is 141 cm³/mol. The van der Waals surface area contributed by atoms with Crippen LogP contribution in [0, 0.1) is 0 Å². The number of hydrogen-bond acceptors (Lipinski definition) is 8. The van der Waals surface area contributed by atoms with Crippen LogP contribution in [-0.2, 0) is 11.0 Å². The minimum atomic E-state index is -4.67. The van der Waals surface area contributed by atoms with Crippen molar-refractivity contribution >= 4 is 40.9 Å². The van der Waals surface area contributed by atoms with Gasteiger partial charge >= 0.3 is 6.18 Å². The van der Waals surface area contributed by atoms with E-state index in [0.29, 0.717) is 17.0 Å². The summed E-state index contributed by atoms with van der Waals surface area (Å²) in [5.41, 5.74) is -0.190. The lowest BCUT2D eigenvalue weighted by Crippen LogP contribution is -2.49. The molecule has 2 saturated heterocycles. The summed E-state index contributed by atoms with van der Waals surface area (Å²) >= 11 is 5.61. The zero-order chi connectivity index (χ0) is 28.2. The molecule has 0 saturated carbocycles. The Balaban J connectivity index is 1.51. The van der Waals surface area contributed by atoms with Crippen LogP contribution in [0.3, 0.4) is 0 Å². The van der Waals surface area contributed by atoms with E-state index in [-0.39, 0.29) is 61.7 Å². The second-order valence-electron chi connectivity index (χ2n) is 9.52. The largest absolute Gasteiger partial charge is 0.495 e. The standard InChI is InChI=1S/C25H31ClF3N7O3/c1-34-7-5-17(6-8-34)31-23(38)16-3-4-19(20(13-16)39-2)32-24-30-15-18(25(27,28)29)22(33-24)36-11-9-35(10-12-36)21(37)14-26/h3-4,13,15,17H,5-12,14H2,1-2H3,(H,31,38)(H,30,32,33). The molecule has 14 heteroatoms. The predicted octanol–water partition coefficient (Wildman–Crippen LogP) is 2.96. The number of rotatable bonds is 7. The molecular weight excluding hydrogens is 539 g/mol. The second kappa shape index (κ2) is 12.2. The summed E-state index contributed by atoms with van der Waals surface area (Å²) in [6, 6.07) is 4.85. The van der Waals surface area contributed by atoms with E-state index >= 15 is 0 Å². The van der Waals surface area contributed by atoms with E-state index in [1.165, 1.54) is 16.9 Å². The van der Waals surface area contributed by atoms with E-state index < -0.39 is 11.7 Å². The highest BCUT2D eigenvalue weighted by atomic mass is 35.5. The third-order valence-electron chi connectivity index (χ3n) is 6.88. The van der Waals surface area contributed by atoms with Gasteiger partial charge in [-0.15, -0.1) is 11.6 Å². The third-order valence-corrected chi connectivity index (χ3v) is 7.11. The van der Waals surface area contributed by atoms with Gasteiger partial charge in [-0.2, -0.15) is 18.2 Å². The Kier molecular flexibility index (Phi) is 9.01. The Morgan fingerprint density at radius 3 is 2.44 bits per heavy atom. The Labute approximate surface area is 229 Å². The lowest BCUT2D eigenvalue weighted by Gasteiger charge is -2.36. The molecule has 0 aliphatic carbocycles. The number of alkyl halides is 4. The van der Waals surface area contributed by atoms with Gasteiger partial charge in [-0.1, -0.05) is 0 Å². The SMILES string of the molecule is COc1cc(C(=O)NC2CCN(C)CC2)ccc1Nc1ncc(C(F)(F)F)c(N2CCN(C(=O)CCl)CC2)n1. The van der Waals surface area contributed by atoms with E-state index in [4.69, 9.17) is 16.3 Å². The Morgan fingerprint density at radius 2 is 1.82 bits per heavy atom. The molecule has 0 spiro atoms. The zero-order valence-electron chi connectivity index (χ0n) is 21.7. The van der Waals surface area contributed by atoms with Crippen LogP contribution in [0.2, 0.25) is 0 Å². The number of piperazine rings is 1. The number of halogens is 4. The maximum Gasteiger partial charge on any atom is 0.421 e. The van der Waals surface area contributed by atoms with E-state index in [1.54, 1.807) is 18.2 Å². The van der Waals surface area contributed by atoms with Crippen molar-refractivity contribution in [1.82, 2.24) is 25.1 Å². The Hall–Kier alpha value is -3.32. The van der Waals surface area contributed by atoms with Gasteiger partial charge in [0.15, 0.2) is 0 Å². The number of nitrogens with zero attached hydrogens (tertiary/aromatic N) is 5. The molecule has 2 fully saturated rings. The fourth-order valence-electron chi connectivity index (χ4n) is 4.60. The first-order chi connectivity index (χ1) is 18.6. The molecule has 212 valence electrons. The molecule has 1 aromatic heterocycles. The van der Waals surface area contributed by atoms with Gasteiger partial charge in [0.25, 0.3) is 5.91 Å². The van der Waals surface area contributed by atoms with Crippen molar-refractivity contribution in [1.29, 1.82) is 0 Å². The van der Waals surface area contributed by atoms with Crippen LogP contribution in [0.25, 0.3) is 0 Å². The van der Waals surface area contributed by atoms with E-state index in [0.717, 1.165) is 32.1 Å². The second-order valence-corrected chi connectivity index (χ2v) is 9.79. The van der Waals surface area contributed by atoms with Gasteiger partial charge in [0.1, 0.15) is 23.0 Å². The molecule has 2 aliphatic heterocycles. The van der Waals surface area contributed by atoms with Crippen LogP contribution in [-0.4, -0.2) is 96.9 Å². The van der Waals surface area contributed by atoms with Crippen molar-refractivity contribution in [3.8, 4) is 5.75 Å². The molecule has 2 aromatic rings. The van der Waals surface area contributed by atoms with Gasteiger partial charge < -0.3 is 30.1 Å². The van der Waals surface area contributed by atoms with Gasteiger partial charge in [0, 0.05) is 44.0 Å². The minimum absolute atomic E-state index is 0.0703. The number of carbonyl (C=O) groups excluding carboxylic acids is 2. The van der Waals surface area contributed by atoms with Crippen molar-refractivity contribution in [2.75, 3.05) is 69.5 Å². The number of benzene rings is 1. The molecule has 39 heavy (non-hydrogen) atoms. The average molecular weight is 570 g/mol. The molecule has 0 radical (unpaired) electrons. The van der Waals surface area contributed by atoms with Gasteiger partial charge in [-0.25, -0.2) is 4.98 Å². The molecule has 0 bridgehead atoms. The van der Waals surface area contributed by atoms with E-state index in [9.17, 15) is 22.8 Å². The Morgan fingerprint density at radius 1 is 1.13 bits per heavy atom. The van der Waals surface area contributed by atoms with Crippen LogP contribution in [0.4, 0.5) is 30.6 Å². The molecule has 10 nitrogen and oxygen atoms in total. The lowest BCUT2D eigenvalue weighted by molar-refractivity contribution is -0.137. The molecule has 2 N–H and O–H groups in total. The lowest BCUT2D eigenvalue weighted by atomic mass is 10.0. The van der Waals surface area contributed by atoms with Crippen LogP contribution in [0.1, 0.15) is 28.8 Å². The summed E-state index contributed by atoms with van der Waals surface area (Å²) in [6.45, 7) is 2.59. The van der Waals surface area contributed by atoms with E-state index in [1.807, 2.05) is 7.05 Å². The van der Waals surface area contributed by atoms with Crippen molar-refractivity contribution < 1.29 is 27.5 Å². The van der Waals surface area contributed by atoms with Crippen LogP contribution in [0.5, 0.6) is 5.75 Å². The van der Waals surface area contributed by atoms with Gasteiger partial charge in [-0.3, -0.25) is 9.59 Å². The number of amides is 2. The first-order valence-corrected chi connectivity index (χ1v) is 13.1. The first kappa shape index (κ1) is 28.7. The number of nitrogens with one attached hydrogen (secondary N) is 2. The van der Waals surface area contributed by atoms with Gasteiger partial charge in [0.2, 0.25) is 11.9 Å². The minimum Gasteiger partial charge on any atom is -0.495 e. The number of aromatic nitrogens is 2. The van der Waals surface area contributed by atoms with Crippen molar-refractivity contribution in [3.63, 3.8) is 0 Å². The molecule has 2 aliphatic rings. The number of anilines is 3. The molecule has 0 atom stereocenters. The fraction of sp³-hybridized carbons (Fsp3) is 0.520. The molecule has 1 aromatic carbocycles.